The standard InChI is InChI=1S/C9H8N4S/c10-5-6-13(11)9-12-7-3-1-2-4-8(7)14-9/h1-4H,6,11H2. The SMILES string of the molecule is N#CCN(N)c1nc2ccccc2s1. The molecule has 0 unspecified atom stereocenters. The molecular formula is C9H8N4S. The molecule has 14 heavy (non-hydrogen) atoms. The highest BCUT2D eigenvalue weighted by atomic mass is 32.1. The molecule has 0 saturated carbocycles. The molecule has 1 aromatic heterocycles. The molecule has 4 nitrogen and oxygen atoms in total. The van der Waals surface area contributed by atoms with Crippen LogP contribution >= 0.6 is 11.3 Å². The van der Waals surface area contributed by atoms with E-state index in [0.29, 0.717) is 5.13 Å². The lowest BCUT2D eigenvalue weighted by molar-refractivity contribution is 0.939. The molecule has 0 bridgehead atoms. The summed E-state index contributed by atoms with van der Waals surface area (Å²) in [4.78, 5) is 4.30. The summed E-state index contributed by atoms with van der Waals surface area (Å²) in [5, 5.41) is 10.5. The van der Waals surface area contributed by atoms with Crippen LogP contribution in [0.15, 0.2) is 24.3 Å². The normalized spacial score (nSPS) is 10.0. The van der Waals surface area contributed by atoms with Gasteiger partial charge in [0, 0.05) is 0 Å². The van der Waals surface area contributed by atoms with Crippen molar-refractivity contribution in [2.45, 2.75) is 0 Å². The van der Waals surface area contributed by atoms with E-state index in [9.17, 15) is 0 Å². The maximum Gasteiger partial charge on any atom is 0.201 e. The van der Waals surface area contributed by atoms with Crippen LogP contribution in [0.25, 0.3) is 10.2 Å². The molecule has 1 aromatic carbocycles. The number of benzene rings is 1. The predicted octanol–water partition coefficient (Wildman–Crippen LogP) is 1.50. The fraction of sp³-hybridized carbons (Fsp3) is 0.111. The van der Waals surface area contributed by atoms with Crippen LogP contribution < -0.4 is 10.9 Å². The third-order valence-corrected chi connectivity index (χ3v) is 2.84. The minimum Gasteiger partial charge on any atom is -0.272 e. The van der Waals surface area contributed by atoms with Gasteiger partial charge < -0.3 is 0 Å². The Bertz CT molecular complexity index is 452. The van der Waals surface area contributed by atoms with Crippen LogP contribution in [0.1, 0.15) is 0 Å². The number of nitrogens with zero attached hydrogens (tertiary/aromatic N) is 3. The van der Waals surface area contributed by atoms with Crippen LogP contribution in [0.2, 0.25) is 0 Å². The Hall–Kier alpha value is -1.64. The molecule has 0 fully saturated rings. The number of hydrogen-bond donors (Lipinski definition) is 1. The highest BCUT2D eigenvalue weighted by Crippen LogP contribution is 2.26. The monoisotopic (exact) mass is 204 g/mol. The van der Waals surface area contributed by atoms with Gasteiger partial charge in [-0.1, -0.05) is 23.5 Å². The van der Waals surface area contributed by atoms with Gasteiger partial charge >= 0.3 is 0 Å². The molecule has 2 N–H and O–H groups in total. The Labute approximate surface area is 85.2 Å². The average molecular weight is 204 g/mol. The number of fused-ring (bicyclic) bond motifs is 1. The first-order valence-corrected chi connectivity index (χ1v) is 4.87. The number of hydrogen-bond acceptors (Lipinski definition) is 5. The number of anilines is 1. The average Bonchev–Trinajstić information content (AvgIpc) is 2.61. The summed E-state index contributed by atoms with van der Waals surface area (Å²) in [5.41, 5.74) is 0.917. The second-order valence-electron chi connectivity index (χ2n) is 2.75. The number of thiazole rings is 1. The van der Waals surface area contributed by atoms with Gasteiger partial charge in [-0.05, 0) is 12.1 Å². The zero-order valence-electron chi connectivity index (χ0n) is 7.34. The predicted molar refractivity (Wildman–Crippen MR) is 56.8 cm³/mol. The van der Waals surface area contributed by atoms with E-state index in [1.54, 1.807) is 0 Å². The van der Waals surface area contributed by atoms with Crippen molar-refractivity contribution in [1.29, 1.82) is 5.26 Å². The van der Waals surface area contributed by atoms with Crippen molar-refractivity contribution in [3.63, 3.8) is 0 Å². The van der Waals surface area contributed by atoms with Crippen molar-refractivity contribution < 1.29 is 0 Å². The molecule has 70 valence electrons. The van der Waals surface area contributed by atoms with Crippen molar-refractivity contribution in [3.05, 3.63) is 24.3 Å². The van der Waals surface area contributed by atoms with Crippen molar-refractivity contribution in [2.24, 2.45) is 5.84 Å². The van der Waals surface area contributed by atoms with Gasteiger partial charge in [-0.25, -0.2) is 10.8 Å². The highest BCUT2D eigenvalue weighted by Gasteiger charge is 2.07. The van der Waals surface area contributed by atoms with Gasteiger partial charge in [0.1, 0.15) is 6.54 Å². The summed E-state index contributed by atoms with van der Waals surface area (Å²) in [6.45, 7) is 0.153. The molecule has 0 atom stereocenters. The molecule has 0 saturated heterocycles. The molecule has 0 aliphatic carbocycles. The Morgan fingerprint density at radius 2 is 2.29 bits per heavy atom. The molecule has 0 aliphatic rings. The van der Waals surface area contributed by atoms with Crippen LogP contribution in [-0.4, -0.2) is 11.5 Å². The number of aromatic nitrogens is 1. The maximum atomic E-state index is 8.48. The highest BCUT2D eigenvalue weighted by molar-refractivity contribution is 7.22. The molecule has 2 aromatic rings. The fourth-order valence-corrected chi connectivity index (χ4v) is 2.01. The van der Waals surface area contributed by atoms with Crippen molar-refractivity contribution >= 4 is 26.7 Å². The van der Waals surface area contributed by atoms with Crippen LogP contribution in [0.5, 0.6) is 0 Å². The van der Waals surface area contributed by atoms with E-state index < -0.39 is 0 Å². The van der Waals surface area contributed by atoms with Gasteiger partial charge in [-0.2, -0.15) is 5.26 Å². The third-order valence-electron chi connectivity index (χ3n) is 1.77. The molecule has 2 rings (SSSR count). The molecular weight excluding hydrogens is 196 g/mol. The zero-order valence-corrected chi connectivity index (χ0v) is 8.16. The topological polar surface area (TPSA) is 65.9 Å². The molecule has 0 amide bonds. The van der Waals surface area contributed by atoms with Crippen LogP contribution in [0.3, 0.4) is 0 Å². The minimum absolute atomic E-state index is 0.153. The number of para-hydroxylation sites is 1. The summed E-state index contributed by atoms with van der Waals surface area (Å²) < 4.78 is 1.08. The molecule has 5 heteroatoms. The van der Waals surface area contributed by atoms with Crippen molar-refractivity contribution in [1.82, 2.24) is 4.98 Å². The smallest absolute Gasteiger partial charge is 0.201 e. The largest absolute Gasteiger partial charge is 0.272 e. The summed E-state index contributed by atoms with van der Waals surface area (Å²) >= 11 is 1.48. The van der Waals surface area contributed by atoms with Gasteiger partial charge in [0.05, 0.1) is 16.3 Å². The Kier molecular flexibility index (Phi) is 2.31. The summed E-state index contributed by atoms with van der Waals surface area (Å²) in [5.74, 6) is 5.63. The van der Waals surface area contributed by atoms with E-state index >= 15 is 0 Å². The van der Waals surface area contributed by atoms with Gasteiger partial charge in [0.2, 0.25) is 5.13 Å². The van der Waals surface area contributed by atoms with Gasteiger partial charge in [-0.3, -0.25) is 5.01 Å². The lowest BCUT2D eigenvalue weighted by atomic mass is 10.3. The summed E-state index contributed by atoms with van der Waals surface area (Å²) in [6.07, 6.45) is 0. The van der Waals surface area contributed by atoms with Crippen molar-refractivity contribution in [3.8, 4) is 6.07 Å². The quantitative estimate of drug-likeness (QED) is 0.457. The molecule has 0 spiro atoms. The second kappa shape index (κ2) is 3.62. The van der Waals surface area contributed by atoms with E-state index in [1.807, 2.05) is 30.3 Å². The van der Waals surface area contributed by atoms with Crippen LogP contribution in [0, 0.1) is 11.3 Å². The van der Waals surface area contributed by atoms with Gasteiger partial charge in [0.25, 0.3) is 0 Å². The summed E-state index contributed by atoms with van der Waals surface area (Å²) in [7, 11) is 0. The van der Waals surface area contributed by atoms with Crippen molar-refractivity contribution in [2.75, 3.05) is 11.6 Å². The first-order chi connectivity index (χ1) is 6.81. The maximum absolute atomic E-state index is 8.48. The van der Waals surface area contributed by atoms with Gasteiger partial charge in [-0.15, -0.1) is 0 Å². The lowest BCUT2D eigenvalue weighted by Gasteiger charge is -2.08. The number of nitriles is 1. The Morgan fingerprint density at radius 1 is 1.50 bits per heavy atom. The Balaban J connectivity index is 2.41. The summed E-state index contributed by atoms with van der Waals surface area (Å²) in [6, 6.07) is 9.77. The third kappa shape index (κ3) is 1.53. The Morgan fingerprint density at radius 3 is 3.00 bits per heavy atom. The van der Waals surface area contributed by atoms with E-state index in [4.69, 9.17) is 11.1 Å². The molecule has 0 radical (unpaired) electrons. The van der Waals surface area contributed by atoms with Crippen LogP contribution in [-0.2, 0) is 0 Å². The first-order valence-electron chi connectivity index (χ1n) is 4.06. The zero-order chi connectivity index (χ0) is 9.97. The lowest BCUT2D eigenvalue weighted by Crippen LogP contribution is -2.30. The van der Waals surface area contributed by atoms with Gasteiger partial charge in [0.15, 0.2) is 0 Å². The number of hydrazine groups is 1. The number of nitrogens with two attached hydrogens (primary N) is 1. The van der Waals surface area contributed by atoms with Crippen LogP contribution in [0.4, 0.5) is 5.13 Å². The molecule has 0 aliphatic heterocycles. The number of rotatable bonds is 2. The first kappa shape index (κ1) is 8.94. The second-order valence-corrected chi connectivity index (χ2v) is 3.76. The minimum atomic E-state index is 0.153. The van der Waals surface area contributed by atoms with E-state index in [-0.39, 0.29) is 6.54 Å². The van der Waals surface area contributed by atoms with E-state index in [1.165, 1.54) is 16.3 Å². The molecule has 1 heterocycles. The van der Waals surface area contributed by atoms with E-state index in [0.717, 1.165) is 10.2 Å². The fourth-order valence-electron chi connectivity index (χ4n) is 1.13. The van der Waals surface area contributed by atoms with E-state index in [2.05, 4.69) is 4.98 Å².